The number of hydrogen-bond donors (Lipinski definition) is 2. The minimum atomic E-state index is -0.0513. The molecule has 5 heteroatoms. The number of likely N-dealkylation sites (tertiary alicyclic amines) is 1. The Morgan fingerprint density at radius 3 is 3.05 bits per heavy atom. The summed E-state index contributed by atoms with van der Waals surface area (Å²) in [6.07, 6.45) is 2.38. The van der Waals surface area contributed by atoms with E-state index in [0.29, 0.717) is 11.4 Å². The van der Waals surface area contributed by atoms with E-state index in [9.17, 15) is 4.79 Å². The van der Waals surface area contributed by atoms with E-state index in [0.717, 1.165) is 24.4 Å². The van der Waals surface area contributed by atoms with Crippen LogP contribution in [0.15, 0.2) is 29.1 Å². The second-order valence-corrected chi connectivity index (χ2v) is 5.77. The first-order chi connectivity index (χ1) is 10.2. The molecule has 0 aliphatic carbocycles. The van der Waals surface area contributed by atoms with Gasteiger partial charge in [0.1, 0.15) is 5.82 Å². The summed E-state index contributed by atoms with van der Waals surface area (Å²) in [6.45, 7) is 4.16. The predicted octanol–water partition coefficient (Wildman–Crippen LogP) is 1.67. The minimum Gasteiger partial charge on any atom is -0.316 e. The Balaban J connectivity index is 1.90. The lowest BCUT2D eigenvalue weighted by Crippen LogP contribution is -2.45. The lowest BCUT2D eigenvalue weighted by atomic mass is 10.0. The number of fused-ring (bicyclic) bond motifs is 1. The van der Waals surface area contributed by atoms with E-state index in [-0.39, 0.29) is 11.6 Å². The number of aromatic amines is 1. The first-order valence-corrected chi connectivity index (χ1v) is 7.59. The SMILES string of the molecule is CNC1CCCN(C(C)c2nc3ccccc3c(=O)[nH]2)C1. The van der Waals surface area contributed by atoms with Crippen molar-refractivity contribution in [2.24, 2.45) is 0 Å². The molecule has 2 N–H and O–H groups in total. The number of piperidine rings is 1. The third-order valence-corrected chi connectivity index (χ3v) is 4.44. The summed E-state index contributed by atoms with van der Waals surface area (Å²) in [5, 5.41) is 4.00. The molecule has 5 nitrogen and oxygen atoms in total. The van der Waals surface area contributed by atoms with E-state index < -0.39 is 0 Å². The molecule has 21 heavy (non-hydrogen) atoms. The maximum atomic E-state index is 12.2. The van der Waals surface area contributed by atoms with Crippen LogP contribution >= 0.6 is 0 Å². The maximum absolute atomic E-state index is 12.2. The number of aromatic nitrogens is 2. The van der Waals surface area contributed by atoms with Crippen LogP contribution in [0.1, 0.15) is 31.6 Å². The summed E-state index contributed by atoms with van der Waals surface area (Å²) >= 11 is 0. The molecule has 0 spiro atoms. The van der Waals surface area contributed by atoms with Crippen molar-refractivity contribution in [2.75, 3.05) is 20.1 Å². The van der Waals surface area contributed by atoms with Crippen molar-refractivity contribution < 1.29 is 0 Å². The summed E-state index contributed by atoms with van der Waals surface area (Å²) in [6, 6.07) is 8.14. The van der Waals surface area contributed by atoms with Crippen molar-refractivity contribution >= 4 is 10.9 Å². The van der Waals surface area contributed by atoms with Crippen LogP contribution in [0.3, 0.4) is 0 Å². The molecular formula is C16H22N4O. The quantitative estimate of drug-likeness (QED) is 0.901. The zero-order valence-electron chi connectivity index (χ0n) is 12.6. The molecule has 112 valence electrons. The van der Waals surface area contributed by atoms with Crippen LogP contribution in [0.4, 0.5) is 0 Å². The van der Waals surface area contributed by atoms with Gasteiger partial charge >= 0.3 is 0 Å². The molecule has 1 fully saturated rings. The van der Waals surface area contributed by atoms with Crippen molar-refractivity contribution in [3.05, 3.63) is 40.4 Å². The number of nitrogens with zero attached hydrogens (tertiary/aromatic N) is 2. The van der Waals surface area contributed by atoms with Gasteiger partial charge in [0, 0.05) is 12.6 Å². The first-order valence-electron chi connectivity index (χ1n) is 7.59. The number of para-hydroxylation sites is 1. The molecule has 0 amide bonds. The Labute approximate surface area is 124 Å². The Kier molecular flexibility index (Phi) is 4.03. The molecule has 2 unspecified atom stereocenters. The number of nitrogens with one attached hydrogen (secondary N) is 2. The monoisotopic (exact) mass is 286 g/mol. The third-order valence-electron chi connectivity index (χ3n) is 4.44. The van der Waals surface area contributed by atoms with E-state index >= 15 is 0 Å². The normalized spacial score (nSPS) is 21.5. The van der Waals surface area contributed by atoms with Gasteiger partial charge in [-0.05, 0) is 45.5 Å². The van der Waals surface area contributed by atoms with Gasteiger partial charge in [0.2, 0.25) is 0 Å². The predicted molar refractivity (Wildman–Crippen MR) is 84.4 cm³/mol. The van der Waals surface area contributed by atoms with Gasteiger partial charge in [-0.25, -0.2) is 4.98 Å². The highest BCUT2D eigenvalue weighted by molar-refractivity contribution is 5.77. The Hall–Kier alpha value is -1.72. The van der Waals surface area contributed by atoms with Crippen LogP contribution < -0.4 is 10.9 Å². The largest absolute Gasteiger partial charge is 0.316 e. The number of benzene rings is 1. The van der Waals surface area contributed by atoms with Gasteiger partial charge in [-0.1, -0.05) is 12.1 Å². The van der Waals surface area contributed by atoms with Crippen molar-refractivity contribution in [3.63, 3.8) is 0 Å². The second kappa shape index (κ2) is 5.95. The van der Waals surface area contributed by atoms with Crippen LogP contribution in [-0.4, -0.2) is 41.0 Å². The van der Waals surface area contributed by atoms with Gasteiger partial charge in [-0.3, -0.25) is 9.69 Å². The fourth-order valence-electron chi connectivity index (χ4n) is 3.07. The summed E-state index contributed by atoms with van der Waals surface area (Å²) < 4.78 is 0. The Morgan fingerprint density at radius 2 is 2.24 bits per heavy atom. The van der Waals surface area contributed by atoms with Gasteiger partial charge in [-0.2, -0.15) is 0 Å². The summed E-state index contributed by atoms with van der Waals surface area (Å²) in [5.74, 6) is 0.760. The molecule has 0 radical (unpaired) electrons. The number of likely N-dealkylation sites (N-methyl/N-ethyl adjacent to an activating group) is 1. The Bertz CT molecular complexity index is 681. The fraction of sp³-hybridized carbons (Fsp3) is 0.500. The van der Waals surface area contributed by atoms with E-state index in [2.05, 4.69) is 27.1 Å². The van der Waals surface area contributed by atoms with Crippen LogP contribution in [0.2, 0.25) is 0 Å². The number of rotatable bonds is 3. The van der Waals surface area contributed by atoms with Crippen LogP contribution in [0.25, 0.3) is 10.9 Å². The van der Waals surface area contributed by atoms with Crippen LogP contribution in [0, 0.1) is 0 Å². The molecular weight excluding hydrogens is 264 g/mol. The lowest BCUT2D eigenvalue weighted by molar-refractivity contribution is 0.144. The zero-order valence-corrected chi connectivity index (χ0v) is 12.6. The highest BCUT2D eigenvalue weighted by Gasteiger charge is 2.24. The van der Waals surface area contributed by atoms with Gasteiger partial charge < -0.3 is 10.3 Å². The average molecular weight is 286 g/mol. The molecule has 3 rings (SSSR count). The standard InChI is InChI=1S/C16H22N4O/c1-11(20-9-5-6-12(10-20)17-2)15-18-14-8-4-3-7-13(14)16(21)19-15/h3-4,7-8,11-12,17H,5-6,9-10H2,1-2H3,(H,18,19,21). The van der Waals surface area contributed by atoms with Gasteiger partial charge in [-0.15, -0.1) is 0 Å². The molecule has 2 heterocycles. The van der Waals surface area contributed by atoms with Crippen molar-refractivity contribution in [1.82, 2.24) is 20.2 Å². The van der Waals surface area contributed by atoms with E-state index in [1.807, 2.05) is 31.3 Å². The molecule has 1 aromatic heterocycles. The molecule has 1 saturated heterocycles. The summed E-state index contributed by atoms with van der Waals surface area (Å²) in [5.41, 5.74) is 0.718. The van der Waals surface area contributed by atoms with E-state index in [4.69, 9.17) is 0 Å². The fourth-order valence-corrected chi connectivity index (χ4v) is 3.07. The first kappa shape index (κ1) is 14.2. The Morgan fingerprint density at radius 1 is 1.43 bits per heavy atom. The van der Waals surface area contributed by atoms with Gasteiger partial charge in [0.15, 0.2) is 0 Å². The van der Waals surface area contributed by atoms with Gasteiger partial charge in [0.05, 0.1) is 16.9 Å². The molecule has 2 atom stereocenters. The van der Waals surface area contributed by atoms with E-state index in [1.54, 1.807) is 0 Å². The molecule has 1 aliphatic rings. The highest BCUT2D eigenvalue weighted by Crippen LogP contribution is 2.22. The topological polar surface area (TPSA) is 61.0 Å². The number of H-pyrrole nitrogens is 1. The third kappa shape index (κ3) is 2.84. The number of hydrogen-bond acceptors (Lipinski definition) is 4. The summed E-state index contributed by atoms with van der Waals surface area (Å²) in [7, 11) is 2.01. The molecule has 0 saturated carbocycles. The molecule has 1 aliphatic heterocycles. The molecule has 1 aromatic carbocycles. The second-order valence-electron chi connectivity index (χ2n) is 5.77. The highest BCUT2D eigenvalue weighted by atomic mass is 16.1. The smallest absolute Gasteiger partial charge is 0.258 e. The van der Waals surface area contributed by atoms with Crippen LogP contribution in [-0.2, 0) is 0 Å². The van der Waals surface area contributed by atoms with Crippen LogP contribution in [0.5, 0.6) is 0 Å². The minimum absolute atomic E-state index is 0.0513. The maximum Gasteiger partial charge on any atom is 0.258 e. The van der Waals surface area contributed by atoms with Gasteiger partial charge in [0.25, 0.3) is 5.56 Å². The molecule has 0 bridgehead atoms. The molecule has 2 aromatic rings. The summed E-state index contributed by atoms with van der Waals surface area (Å²) in [4.78, 5) is 22.2. The lowest BCUT2D eigenvalue weighted by Gasteiger charge is -2.36. The van der Waals surface area contributed by atoms with Crippen molar-refractivity contribution in [1.29, 1.82) is 0 Å². The average Bonchev–Trinajstić information content (AvgIpc) is 2.54. The van der Waals surface area contributed by atoms with Crippen molar-refractivity contribution in [2.45, 2.75) is 31.8 Å². The van der Waals surface area contributed by atoms with E-state index in [1.165, 1.54) is 12.8 Å². The zero-order chi connectivity index (χ0) is 14.8. The van der Waals surface area contributed by atoms with Crippen molar-refractivity contribution in [3.8, 4) is 0 Å².